The molecule has 0 bridgehead atoms. The van der Waals surface area contributed by atoms with Gasteiger partial charge in [-0.1, -0.05) is 12.1 Å². The molecule has 18 heavy (non-hydrogen) atoms. The molecule has 1 aromatic heterocycles. The van der Waals surface area contributed by atoms with Crippen molar-refractivity contribution in [1.82, 2.24) is 4.98 Å². The van der Waals surface area contributed by atoms with Crippen molar-refractivity contribution in [1.29, 1.82) is 0 Å². The predicted octanol–water partition coefficient (Wildman–Crippen LogP) is 1.94. The maximum atomic E-state index is 9.35. The first-order valence-corrected chi connectivity index (χ1v) is 5.72. The molecule has 2 aromatic rings. The third-order valence-corrected chi connectivity index (χ3v) is 2.65. The van der Waals surface area contributed by atoms with E-state index in [4.69, 9.17) is 4.74 Å². The maximum Gasteiger partial charge on any atom is 0.123 e. The van der Waals surface area contributed by atoms with E-state index in [2.05, 4.69) is 4.98 Å². The molecule has 0 saturated heterocycles. The van der Waals surface area contributed by atoms with E-state index in [9.17, 15) is 10.2 Å². The van der Waals surface area contributed by atoms with Crippen LogP contribution in [0.15, 0.2) is 48.8 Å². The summed E-state index contributed by atoms with van der Waals surface area (Å²) in [5, 5.41) is 18.7. The van der Waals surface area contributed by atoms with E-state index < -0.39 is 0 Å². The largest absolute Gasteiger partial charge is 0.508 e. The van der Waals surface area contributed by atoms with E-state index in [-0.39, 0.29) is 18.3 Å². The molecule has 4 nitrogen and oxygen atoms in total. The number of phenols is 1. The van der Waals surface area contributed by atoms with E-state index >= 15 is 0 Å². The number of aromatic nitrogens is 1. The highest BCUT2D eigenvalue weighted by atomic mass is 16.5. The van der Waals surface area contributed by atoms with Crippen LogP contribution in [0.4, 0.5) is 0 Å². The first kappa shape index (κ1) is 12.4. The quantitative estimate of drug-likeness (QED) is 0.845. The fourth-order valence-corrected chi connectivity index (χ4v) is 1.64. The number of aliphatic hydroxyl groups is 1. The van der Waals surface area contributed by atoms with Gasteiger partial charge in [0.2, 0.25) is 0 Å². The smallest absolute Gasteiger partial charge is 0.123 e. The molecule has 0 saturated carbocycles. The van der Waals surface area contributed by atoms with Gasteiger partial charge in [0, 0.05) is 24.4 Å². The number of phenolic OH excluding ortho intramolecular Hbond substituents is 1. The number of ether oxygens (including phenoxy) is 1. The Labute approximate surface area is 106 Å². The molecule has 0 spiro atoms. The molecule has 0 fully saturated rings. The van der Waals surface area contributed by atoms with Crippen molar-refractivity contribution in [3.05, 3.63) is 54.4 Å². The van der Waals surface area contributed by atoms with E-state index in [0.717, 1.165) is 5.56 Å². The van der Waals surface area contributed by atoms with Gasteiger partial charge in [0.05, 0.1) is 13.2 Å². The molecule has 2 rings (SSSR count). The van der Waals surface area contributed by atoms with Crippen molar-refractivity contribution in [3.63, 3.8) is 0 Å². The van der Waals surface area contributed by atoms with E-state index in [1.54, 1.807) is 30.6 Å². The fourth-order valence-electron chi connectivity index (χ4n) is 1.64. The normalized spacial score (nSPS) is 12.1. The Bertz CT molecular complexity index is 487. The first-order chi connectivity index (χ1) is 8.79. The van der Waals surface area contributed by atoms with Gasteiger partial charge >= 0.3 is 0 Å². The van der Waals surface area contributed by atoms with Gasteiger partial charge in [-0.05, 0) is 23.8 Å². The zero-order valence-electron chi connectivity index (χ0n) is 9.86. The molecule has 0 aliphatic rings. The van der Waals surface area contributed by atoms with E-state index in [1.807, 2.05) is 12.1 Å². The highest BCUT2D eigenvalue weighted by molar-refractivity contribution is 5.31. The van der Waals surface area contributed by atoms with Crippen molar-refractivity contribution in [3.8, 4) is 11.5 Å². The van der Waals surface area contributed by atoms with Crippen LogP contribution in [0, 0.1) is 0 Å². The van der Waals surface area contributed by atoms with Gasteiger partial charge in [-0.15, -0.1) is 0 Å². The lowest BCUT2D eigenvalue weighted by molar-refractivity contribution is 0.204. The van der Waals surface area contributed by atoms with Crippen LogP contribution in [0.1, 0.15) is 11.5 Å². The number of aromatic hydroxyl groups is 1. The van der Waals surface area contributed by atoms with Crippen LogP contribution >= 0.6 is 0 Å². The molecular weight excluding hydrogens is 230 g/mol. The average molecular weight is 245 g/mol. The van der Waals surface area contributed by atoms with E-state index in [1.165, 1.54) is 6.07 Å². The zero-order valence-corrected chi connectivity index (χ0v) is 9.86. The molecule has 4 heteroatoms. The second-order valence-corrected chi connectivity index (χ2v) is 3.97. The topological polar surface area (TPSA) is 62.6 Å². The fraction of sp³-hybridized carbons (Fsp3) is 0.214. The number of nitrogens with zero attached hydrogens (tertiary/aromatic N) is 1. The third-order valence-electron chi connectivity index (χ3n) is 2.65. The van der Waals surface area contributed by atoms with Crippen LogP contribution in [-0.4, -0.2) is 28.4 Å². The third kappa shape index (κ3) is 3.21. The standard InChI is InChI=1S/C14H15NO3/c16-9-12(11-3-2-6-15-8-11)10-18-14-5-1-4-13(17)7-14/h1-8,12,16-17H,9-10H2. The molecule has 2 N–H and O–H groups in total. The Hall–Kier alpha value is -2.07. The highest BCUT2D eigenvalue weighted by Gasteiger charge is 2.11. The number of hydrogen-bond donors (Lipinski definition) is 2. The Kier molecular flexibility index (Phi) is 4.15. The molecule has 0 radical (unpaired) electrons. The lowest BCUT2D eigenvalue weighted by atomic mass is 10.0. The van der Waals surface area contributed by atoms with Crippen LogP contribution in [-0.2, 0) is 0 Å². The lowest BCUT2D eigenvalue weighted by Crippen LogP contribution is -2.14. The summed E-state index contributed by atoms with van der Waals surface area (Å²) in [4.78, 5) is 4.02. The molecular formula is C14H15NO3. The van der Waals surface area contributed by atoms with Crippen molar-refractivity contribution in [2.45, 2.75) is 5.92 Å². The van der Waals surface area contributed by atoms with Crippen LogP contribution in [0.3, 0.4) is 0 Å². The van der Waals surface area contributed by atoms with Gasteiger partial charge in [-0.25, -0.2) is 0 Å². The molecule has 0 aliphatic heterocycles. The Morgan fingerprint density at radius 2 is 2.11 bits per heavy atom. The molecule has 1 unspecified atom stereocenters. The van der Waals surface area contributed by atoms with Crippen LogP contribution in [0.5, 0.6) is 11.5 Å². The highest BCUT2D eigenvalue weighted by Crippen LogP contribution is 2.20. The number of aliphatic hydroxyl groups excluding tert-OH is 1. The zero-order chi connectivity index (χ0) is 12.8. The SMILES string of the molecule is OCC(COc1cccc(O)c1)c1cccnc1. The second kappa shape index (κ2) is 6.02. The van der Waals surface area contributed by atoms with Crippen molar-refractivity contribution in [2.24, 2.45) is 0 Å². The van der Waals surface area contributed by atoms with Gasteiger partial charge in [-0.3, -0.25) is 4.98 Å². The lowest BCUT2D eigenvalue weighted by Gasteiger charge is -2.15. The Balaban J connectivity index is 2.00. The molecule has 94 valence electrons. The van der Waals surface area contributed by atoms with Crippen molar-refractivity contribution < 1.29 is 14.9 Å². The summed E-state index contributed by atoms with van der Waals surface area (Å²) in [5.41, 5.74) is 0.931. The van der Waals surface area contributed by atoms with Gasteiger partial charge < -0.3 is 14.9 Å². The number of rotatable bonds is 5. The van der Waals surface area contributed by atoms with Gasteiger partial charge in [0.25, 0.3) is 0 Å². The molecule has 1 heterocycles. The van der Waals surface area contributed by atoms with Crippen LogP contribution < -0.4 is 4.74 Å². The van der Waals surface area contributed by atoms with Gasteiger partial charge in [-0.2, -0.15) is 0 Å². The Morgan fingerprint density at radius 3 is 2.78 bits per heavy atom. The molecule has 1 atom stereocenters. The Morgan fingerprint density at radius 1 is 1.22 bits per heavy atom. The predicted molar refractivity (Wildman–Crippen MR) is 67.7 cm³/mol. The summed E-state index contributed by atoms with van der Waals surface area (Å²) in [7, 11) is 0. The number of hydrogen-bond acceptors (Lipinski definition) is 4. The minimum atomic E-state index is -0.124. The maximum absolute atomic E-state index is 9.35. The van der Waals surface area contributed by atoms with Crippen molar-refractivity contribution in [2.75, 3.05) is 13.2 Å². The first-order valence-electron chi connectivity index (χ1n) is 5.72. The summed E-state index contributed by atoms with van der Waals surface area (Å²) >= 11 is 0. The summed E-state index contributed by atoms with van der Waals surface area (Å²) in [6.45, 7) is 0.330. The van der Waals surface area contributed by atoms with Gasteiger partial charge in [0.1, 0.15) is 11.5 Å². The minimum absolute atomic E-state index is 0.00942. The summed E-state index contributed by atoms with van der Waals surface area (Å²) < 4.78 is 5.55. The van der Waals surface area contributed by atoms with Crippen LogP contribution in [0.2, 0.25) is 0 Å². The number of pyridine rings is 1. The monoisotopic (exact) mass is 245 g/mol. The molecule has 0 aliphatic carbocycles. The summed E-state index contributed by atoms with van der Waals surface area (Å²) in [6, 6.07) is 10.3. The summed E-state index contributed by atoms with van der Waals surface area (Å²) in [6.07, 6.45) is 3.40. The van der Waals surface area contributed by atoms with Crippen molar-refractivity contribution >= 4 is 0 Å². The molecule has 0 amide bonds. The van der Waals surface area contributed by atoms with E-state index in [0.29, 0.717) is 12.4 Å². The second-order valence-electron chi connectivity index (χ2n) is 3.97. The number of benzene rings is 1. The van der Waals surface area contributed by atoms with Crippen LogP contribution in [0.25, 0.3) is 0 Å². The minimum Gasteiger partial charge on any atom is -0.508 e. The average Bonchev–Trinajstić information content (AvgIpc) is 2.41. The summed E-state index contributed by atoms with van der Waals surface area (Å²) in [5.74, 6) is 0.618. The van der Waals surface area contributed by atoms with Gasteiger partial charge in [0.15, 0.2) is 0 Å². The molecule has 1 aromatic carbocycles.